The minimum absolute atomic E-state index is 0.157. The summed E-state index contributed by atoms with van der Waals surface area (Å²) in [5.41, 5.74) is 3.40. The van der Waals surface area contributed by atoms with Gasteiger partial charge in [0.1, 0.15) is 0 Å². The molecule has 3 heteroatoms. The smallest absolute Gasteiger partial charge is 0.305 e. The first-order chi connectivity index (χ1) is 8.50. The van der Waals surface area contributed by atoms with Gasteiger partial charge in [0.15, 0.2) is 0 Å². The lowest BCUT2D eigenvalue weighted by atomic mass is 10.1. The third-order valence-electron chi connectivity index (χ3n) is 2.86. The van der Waals surface area contributed by atoms with Crippen molar-refractivity contribution in [2.24, 2.45) is 0 Å². The number of hydrogen-bond acceptors (Lipinski definition) is 2. The van der Waals surface area contributed by atoms with E-state index in [1.165, 1.54) is 5.56 Å². The second-order valence-electron chi connectivity index (χ2n) is 4.62. The van der Waals surface area contributed by atoms with E-state index in [4.69, 9.17) is 5.11 Å². The number of nitrogens with zero attached hydrogens (tertiary/aromatic N) is 1. The lowest BCUT2D eigenvalue weighted by molar-refractivity contribution is -0.136. The molecule has 1 N–H and O–H groups in total. The van der Waals surface area contributed by atoms with Gasteiger partial charge in [-0.15, -0.1) is 6.58 Å². The number of anilines is 1. The molecule has 0 fully saturated rings. The highest BCUT2D eigenvalue weighted by molar-refractivity contribution is 5.68. The predicted molar refractivity (Wildman–Crippen MR) is 75.1 cm³/mol. The fourth-order valence-corrected chi connectivity index (χ4v) is 1.83. The van der Waals surface area contributed by atoms with Crippen molar-refractivity contribution < 1.29 is 9.90 Å². The average Bonchev–Trinajstić information content (AvgIpc) is 2.30. The lowest BCUT2D eigenvalue weighted by Gasteiger charge is -2.26. The van der Waals surface area contributed by atoms with Crippen LogP contribution in [0.4, 0.5) is 5.69 Å². The minimum atomic E-state index is -0.760. The van der Waals surface area contributed by atoms with Crippen molar-refractivity contribution in [2.75, 3.05) is 18.0 Å². The van der Waals surface area contributed by atoms with Gasteiger partial charge in [-0.1, -0.05) is 23.8 Å². The third kappa shape index (κ3) is 4.62. The lowest BCUT2D eigenvalue weighted by Crippen LogP contribution is -2.28. The first-order valence-electron chi connectivity index (χ1n) is 6.17. The Balaban J connectivity index is 2.79. The first kappa shape index (κ1) is 14.3. The number of carbonyl (C=O) groups is 1. The molecule has 0 aliphatic carbocycles. The van der Waals surface area contributed by atoms with Crippen molar-refractivity contribution in [1.82, 2.24) is 0 Å². The van der Waals surface area contributed by atoms with Crippen LogP contribution in [0.1, 0.15) is 25.3 Å². The molecule has 0 spiro atoms. The topological polar surface area (TPSA) is 40.5 Å². The number of aryl methyl sites for hydroxylation is 1. The van der Waals surface area contributed by atoms with Crippen molar-refractivity contribution in [3.63, 3.8) is 0 Å². The van der Waals surface area contributed by atoms with Gasteiger partial charge in [-0.05, 0) is 31.9 Å². The molecule has 0 aliphatic rings. The Morgan fingerprint density at radius 3 is 2.44 bits per heavy atom. The highest BCUT2D eigenvalue weighted by Crippen LogP contribution is 2.20. The van der Waals surface area contributed by atoms with Crippen molar-refractivity contribution in [3.8, 4) is 0 Å². The Kier molecular flexibility index (Phi) is 5.43. The van der Waals surface area contributed by atoms with Crippen LogP contribution in [0.3, 0.4) is 0 Å². The van der Waals surface area contributed by atoms with Gasteiger partial charge in [-0.25, -0.2) is 0 Å². The van der Waals surface area contributed by atoms with E-state index in [-0.39, 0.29) is 6.42 Å². The van der Waals surface area contributed by atoms with Crippen molar-refractivity contribution >= 4 is 11.7 Å². The molecule has 98 valence electrons. The van der Waals surface area contributed by atoms with Crippen LogP contribution < -0.4 is 4.90 Å². The maximum atomic E-state index is 10.7. The molecule has 0 heterocycles. The minimum Gasteiger partial charge on any atom is -0.481 e. The standard InChI is InChI=1S/C15H21NO2/c1-12(2)8-10-16(11-9-15(17)18)14-7-5-4-6-13(14)3/h4-7H,1,8-11H2,2-3H3,(H,17,18). The summed E-state index contributed by atoms with van der Waals surface area (Å²) >= 11 is 0. The number of hydrogen-bond donors (Lipinski definition) is 1. The number of benzene rings is 1. The van der Waals surface area contributed by atoms with Gasteiger partial charge < -0.3 is 10.0 Å². The van der Waals surface area contributed by atoms with E-state index in [0.29, 0.717) is 6.54 Å². The molecule has 0 unspecified atom stereocenters. The molecular formula is C15H21NO2. The number of carboxylic acid groups (broad SMARTS) is 1. The number of para-hydroxylation sites is 1. The van der Waals surface area contributed by atoms with E-state index >= 15 is 0 Å². The molecule has 1 aromatic carbocycles. The van der Waals surface area contributed by atoms with E-state index in [2.05, 4.69) is 11.5 Å². The third-order valence-corrected chi connectivity index (χ3v) is 2.86. The summed E-state index contributed by atoms with van der Waals surface area (Å²) in [6.45, 7) is 9.28. The Labute approximate surface area is 109 Å². The van der Waals surface area contributed by atoms with Crippen LogP contribution in [0.25, 0.3) is 0 Å². The Bertz CT molecular complexity index is 408. The highest BCUT2D eigenvalue weighted by Gasteiger charge is 2.10. The quantitative estimate of drug-likeness (QED) is 0.752. The molecule has 18 heavy (non-hydrogen) atoms. The Morgan fingerprint density at radius 1 is 1.28 bits per heavy atom. The van der Waals surface area contributed by atoms with Gasteiger partial charge in [0.2, 0.25) is 0 Å². The maximum Gasteiger partial charge on any atom is 0.305 e. The zero-order valence-corrected chi connectivity index (χ0v) is 11.1. The second-order valence-corrected chi connectivity index (χ2v) is 4.62. The number of aliphatic carboxylic acids is 1. The Morgan fingerprint density at radius 2 is 1.89 bits per heavy atom. The van der Waals surface area contributed by atoms with Crippen LogP contribution in [-0.2, 0) is 4.79 Å². The van der Waals surface area contributed by atoms with Gasteiger partial charge in [0.05, 0.1) is 6.42 Å². The predicted octanol–water partition coefficient (Wildman–Crippen LogP) is 3.24. The van der Waals surface area contributed by atoms with Crippen molar-refractivity contribution in [3.05, 3.63) is 42.0 Å². The normalized spacial score (nSPS) is 10.1. The second kappa shape index (κ2) is 6.84. The summed E-state index contributed by atoms with van der Waals surface area (Å²) in [6.07, 6.45) is 1.04. The number of rotatable bonds is 7. The monoisotopic (exact) mass is 247 g/mol. The van der Waals surface area contributed by atoms with Crippen LogP contribution in [-0.4, -0.2) is 24.2 Å². The molecular weight excluding hydrogens is 226 g/mol. The van der Waals surface area contributed by atoms with E-state index < -0.39 is 5.97 Å². The molecule has 0 amide bonds. The zero-order chi connectivity index (χ0) is 13.5. The molecule has 0 atom stereocenters. The molecule has 0 bridgehead atoms. The fraction of sp³-hybridized carbons (Fsp3) is 0.400. The Hall–Kier alpha value is -1.77. The number of carboxylic acids is 1. The largest absolute Gasteiger partial charge is 0.481 e. The molecule has 3 nitrogen and oxygen atoms in total. The molecule has 1 aromatic rings. The molecule has 0 aromatic heterocycles. The summed E-state index contributed by atoms with van der Waals surface area (Å²) in [5, 5.41) is 8.81. The summed E-state index contributed by atoms with van der Waals surface area (Å²) in [4.78, 5) is 12.8. The van der Waals surface area contributed by atoms with Gasteiger partial charge >= 0.3 is 5.97 Å². The zero-order valence-electron chi connectivity index (χ0n) is 11.1. The van der Waals surface area contributed by atoms with Crippen LogP contribution in [0.15, 0.2) is 36.4 Å². The van der Waals surface area contributed by atoms with Crippen LogP contribution in [0, 0.1) is 6.92 Å². The molecule has 0 saturated carbocycles. The van der Waals surface area contributed by atoms with E-state index in [0.717, 1.165) is 24.2 Å². The summed E-state index contributed by atoms with van der Waals surface area (Å²) in [7, 11) is 0. The van der Waals surface area contributed by atoms with E-state index in [1.807, 2.05) is 38.1 Å². The SMILES string of the molecule is C=C(C)CCN(CCC(=O)O)c1ccccc1C. The highest BCUT2D eigenvalue weighted by atomic mass is 16.4. The van der Waals surface area contributed by atoms with Gasteiger partial charge in [0, 0.05) is 18.8 Å². The molecule has 0 saturated heterocycles. The van der Waals surface area contributed by atoms with E-state index in [1.54, 1.807) is 0 Å². The average molecular weight is 247 g/mol. The molecule has 0 aliphatic heterocycles. The summed E-state index contributed by atoms with van der Waals surface area (Å²) < 4.78 is 0. The molecule has 0 radical (unpaired) electrons. The summed E-state index contributed by atoms with van der Waals surface area (Å²) in [6, 6.07) is 8.06. The first-order valence-corrected chi connectivity index (χ1v) is 6.17. The van der Waals surface area contributed by atoms with Gasteiger partial charge in [-0.2, -0.15) is 0 Å². The van der Waals surface area contributed by atoms with E-state index in [9.17, 15) is 4.79 Å². The van der Waals surface area contributed by atoms with Gasteiger partial charge in [0.25, 0.3) is 0 Å². The van der Waals surface area contributed by atoms with Crippen LogP contribution in [0.5, 0.6) is 0 Å². The van der Waals surface area contributed by atoms with Gasteiger partial charge in [-0.3, -0.25) is 4.79 Å². The van der Waals surface area contributed by atoms with Crippen LogP contribution in [0.2, 0.25) is 0 Å². The maximum absolute atomic E-state index is 10.7. The van der Waals surface area contributed by atoms with Crippen LogP contribution >= 0.6 is 0 Å². The van der Waals surface area contributed by atoms with Crippen molar-refractivity contribution in [2.45, 2.75) is 26.7 Å². The fourth-order valence-electron chi connectivity index (χ4n) is 1.83. The van der Waals surface area contributed by atoms with Crippen molar-refractivity contribution in [1.29, 1.82) is 0 Å². The molecule has 1 rings (SSSR count). The summed E-state index contributed by atoms with van der Waals surface area (Å²) in [5.74, 6) is -0.760.